The van der Waals surface area contributed by atoms with Crippen molar-refractivity contribution in [3.8, 4) is 11.5 Å². The smallest absolute Gasteiger partial charge is 0.411 e. The zero-order chi connectivity index (χ0) is 22.9. The molecular formula is C23H28FN3O5. The molecule has 1 fully saturated rings. The Hall–Kier alpha value is -3.49. The molecule has 3 rings (SSSR count). The molecule has 0 radical (unpaired) electrons. The van der Waals surface area contributed by atoms with E-state index in [0.717, 1.165) is 24.8 Å². The Bertz CT molecular complexity index is 922. The van der Waals surface area contributed by atoms with E-state index in [0.29, 0.717) is 30.2 Å². The summed E-state index contributed by atoms with van der Waals surface area (Å²) in [6, 6.07) is 10.5. The zero-order valence-electron chi connectivity index (χ0n) is 18.2. The van der Waals surface area contributed by atoms with Crippen LogP contribution in [0, 0.1) is 5.82 Å². The van der Waals surface area contributed by atoms with Crippen molar-refractivity contribution < 1.29 is 28.2 Å². The number of rotatable bonds is 7. The summed E-state index contributed by atoms with van der Waals surface area (Å²) in [6.07, 6.45) is 1.99. The number of methoxy groups -OCH3 is 2. The van der Waals surface area contributed by atoms with Crippen molar-refractivity contribution in [3.63, 3.8) is 0 Å². The van der Waals surface area contributed by atoms with Crippen molar-refractivity contribution in [2.24, 2.45) is 0 Å². The number of ether oxygens (including phenoxy) is 3. The van der Waals surface area contributed by atoms with Crippen molar-refractivity contribution in [1.82, 2.24) is 10.6 Å². The molecule has 0 spiro atoms. The van der Waals surface area contributed by atoms with E-state index in [4.69, 9.17) is 14.2 Å². The molecule has 2 atom stereocenters. The minimum Gasteiger partial charge on any atom is -0.493 e. The van der Waals surface area contributed by atoms with Gasteiger partial charge in [0, 0.05) is 24.7 Å². The molecule has 32 heavy (non-hydrogen) atoms. The molecular weight excluding hydrogens is 417 g/mol. The predicted octanol–water partition coefficient (Wildman–Crippen LogP) is 4.20. The molecule has 0 aromatic heterocycles. The molecule has 2 aromatic carbocycles. The van der Waals surface area contributed by atoms with Gasteiger partial charge in [0.25, 0.3) is 0 Å². The van der Waals surface area contributed by atoms with Gasteiger partial charge in [-0.15, -0.1) is 0 Å². The Morgan fingerprint density at radius 2 is 1.78 bits per heavy atom. The third-order valence-electron chi connectivity index (χ3n) is 5.23. The lowest BCUT2D eigenvalue weighted by Gasteiger charge is -2.29. The van der Waals surface area contributed by atoms with E-state index in [1.54, 1.807) is 20.3 Å². The van der Waals surface area contributed by atoms with Crippen LogP contribution in [0.15, 0.2) is 42.5 Å². The third kappa shape index (κ3) is 6.76. The zero-order valence-corrected chi connectivity index (χ0v) is 18.2. The first kappa shape index (κ1) is 23.2. The van der Waals surface area contributed by atoms with Crippen LogP contribution in [0.25, 0.3) is 0 Å². The number of hydrogen-bond acceptors (Lipinski definition) is 5. The summed E-state index contributed by atoms with van der Waals surface area (Å²) in [5, 5.41) is 8.35. The molecule has 0 bridgehead atoms. The highest BCUT2D eigenvalue weighted by Gasteiger charge is 2.26. The van der Waals surface area contributed by atoms with Gasteiger partial charge in [-0.05, 0) is 61.2 Å². The number of halogens is 1. The maximum absolute atomic E-state index is 13.0. The Morgan fingerprint density at radius 3 is 2.50 bits per heavy atom. The van der Waals surface area contributed by atoms with E-state index < -0.39 is 6.09 Å². The SMILES string of the molecule is COc1ccc(CNC(=O)N[C@H]2CCC[C@H](OC(=O)Nc3ccc(F)cc3)C2)cc1OC. The van der Waals surface area contributed by atoms with Crippen LogP contribution in [0.2, 0.25) is 0 Å². The lowest BCUT2D eigenvalue weighted by atomic mass is 9.93. The van der Waals surface area contributed by atoms with E-state index in [9.17, 15) is 14.0 Å². The summed E-state index contributed by atoms with van der Waals surface area (Å²) < 4.78 is 28.9. The minimum atomic E-state index is -0.597. The first-order valence-corrected chi connectivity index (χ1v) is 10.4. The Balaban J connectivity index is 1.43. The van der Waals surface area contributed by atoms with Crippen LogP contribution in [0.3, 0.4) is 0 Å². The average molecular weight is 445 g/mol. The Labute approximate surface area is 186 Å². The summed E-state index contributed by atoms with van der Waals surface area (Å²) in [5.74, 6) is 0.838. The fourth-order valence-electron chi connectivity index (χ4n) is 3.62. The maximum Gasteiger partial charge on any atom is 0.411 e. The topological polar surface area (TPSA) is 97.9 Å². The van der Waals surface area contributed by atoms with Crippen molar-refractivity contribution in [3.05, 3.63) is 53.8 Å². The van der Waals surface area contributed by atoms with Gasteiger partial charge in [-0.1, -0.05) is 6.07 Å². The number of benzene rings is 2. The van der Waals surface area contributed by atoms with Crippen molar-refractivity contribution >= 4 is 17.8 Å². The first-order valence-electron chi connectivity index (χ1n) is 10.4. The van der Waals surface area contributed by atoms with E-state index in [1.165, 1.54) is 24.3 Å². The fraction of sp³-hybridized carbons (Fsp3) is 0.391. The number of anilines is 1. The molecule has 8 nitrogen and oxygen atoms in total. The average Bonchev–Trinajstić information content (AvgIpc) is 2.79. The number of carbonyl (C=O) groups excluding carboxylic acids is 2. The summed E-state index contributed by atoms with van der Waals surface area (Å²) in [7, 11) is 3.13. The third-order valence-corrected chi connectivity index (χ3v) is 5.23. The highest BCUT2D eigenvalue weighted by molar-refractivity contribution is 5.84. The van der Waals surface area contributed by atoms with Crippen LogP contribution in [-0.2, 0) is 11.3 Å². The minimum absolute atomic E-state index is 0.0993. The van der Waals surface area contributed by atoms with Gasteiger partial charge in [-0.2, -0.15) is 0 Å². The predicted molar refractivity (Wildman–Crippen MR) is 117 cm³/mol. The molecule has 1 saturated carbocycles. The molecule has 2 aromatic rings. The van der Waals surface area contributed by atoms with Gasteiger partial charge in [-0.25, -0.2) is 14.0 Å². The lowest BCUT2D eigenvalue weighted by Crippen LogP contribution is -2.45. The van der Waals surface area contributed by atoms with Crippen molar-refractivity contribution in [2.75, 3.05) is 19.5 Å². The quantitative estimate of drug-likeness (QED) is 0.593. The molecule has 172 valence electrons. The van der Waals surface area contributed by atoms with Crippen LogP contribution in [0.1, 0.15) is 31.2 Å². The Morgan fingerprint density at radius 1 is 1.03 bits per heavy atom. The second kappa shape index (κ2) is 11.2. The molecule has 3 amide bonds. The van der Waals surface area contributed by atoms with Crippen LogP contribution in [-0.4, -0.2) is 38.5 Å². The monoisotopic (exact) mass is 445 g/mol. The van der Waals surface area contributed by atoms with Crippen LogP contribution in [0.4, 0.5) is 19.7 Å². The second-order valence-electron chi connectivity index (χ2n) is 7.54. The molecule has 0 saturated heterocycles. The van der Waals surface area contributed by atoms with Gasteiger partial charge >= 0.3 is 12.1 Å². The summed E-state index contributed by atoms with van der Waals surface area (Å²) in [5.41, 5.74) is 1.33. The second-order valence-corrected chi connectivity index (χ2v) is 7.54. The van der Waals surface area contributed by atoms with Gasteiger partial charge < -0.3 is 24.8 Å². The van der Waals surface area contributed by atoms with Gasteiger partial charge in [0.05, 0.1) is 14.2 Å². The molecule has 3 N–H and O–H groups in total. The normalized spacial score (nSPS) is 17.7. The first-order chi connectivity index (χ1) is 15.5. The standard InChI is InChI=1S/C23H28FN3O5/c1-30-20-11-6-15(12-21(20)31-2)14-25-22(28)26-18-4-3-5-19(13-18)32-23(29)27-17-9-7-16(24)8-10-17/h6-12,18-19H,3-5,13-14H2,1-2H3,(H,27,29)(H2,25,26,28)/t18-,19-/m0/s1. The van der Waals surface area contributed by atoms with E-state index >= 15 is 0 Å². The summed E-state index contributed by atoms with van der Waals surface area (Å²) in [4.78, 5) is 24.4. The van der Waals surface area contributed by atoms with Crippen molar-refractivity contribution in [1.29, 1.82) is 0 Å². The summed E-state index contributed by atoms with van der Waals surface area (Å²) in [6.45, 7) is 0.332. The lowest BCUT2D eigenvalue weighted by molar-refractivity contribution is 0.0775. The molecule has 1 aliphatic rings. The van der Waals surface area contributed by atoms with Crippen LogP contribution < -0.4 is 25.4 Å². The molecule has 9 heteroatoms. The maximum atomic E-state index is 13.0. The van der Waals surface area contributed by atoms with Crippen LogP contribution >= 0.6 is 0 Å². The van der Waals surface area contributed by atoms with Gasteiger partial charge in [-0.3, -0.25) is 5.32 Å². The van der Waals surface area contributed by atoms with Crippen molar-refractivity contribution in [2.45, 2.75) is 44.4 Å². The number of amides is 3. The Kier molecular flexibility index (Phi) is 8.13. The van der Waals surface area contributed by atoms with Gasteiger partial charge in [0.15, 0.2) is 11.5 Å². The fourth-order valence-corrected chi connectivity index (χ4v) is 3.62. The van der Waals surface area contributed by atoms with E-state index in [2.05, 4.69) is 16.0 Å². The highest BCUT2D eigenvalue weighted by atomic mass is 19.1. The van der Waals surface area contributed by atoms with Crippen LogP contribution in [0.5, 0.6) is 11.5 Å². The summed E-state index contributed by atoms with van der Waals surface area (Å²) >= 11 is 0. The van der Waals surface area contributed by atoms with E-state index in [1.807, 2.05) is 12.1 Å². The number of carbonyl (C=O) groups is 2. The number of hydrogen-bond donors (Lipinski definition) is 3. The van der Waals surface area contributed by atoms with Gasteiger partial charge in [0.2, 0.25) is 0 Å². The largest absolute Gasteiger partial charge is 0.493 e. The molecule has 1 aliphatic carbocycles. The molecule has 0 aliphatic heterocycles. The number of nitrogens with one attached hydrogen (secondary N) is 3. The number of urea groups is 1. The molecule has 0 heterocycles. The highest BCUT2D eigenvalue weighted by Crippen LogP contribution is 2.27. The van der Waals surface area contributed by atoms with Gasteiger partial charge in [0.1, 0.15) is 11.9 Å². The molecule has 0 unspecified atom stereocenters. The van der Waals surface area contributed by atoms with E-state index in [-0.39, 0.29) is 24.0 Å².